The Kier molecular flexibility index (Phi) is 4.96. The lowest BCUT2D eigenvalue weighted by Crippen LogP contribution is -2.22. The zero-order valence-electron chi connectivity index (χ0n) is 12.2. The molecule has 19 heavy (non-hydrogen) atoms. The summed E-state index contributed by atoms with van der Waals surface area (Å²) in [6, 6.07) is 0. The van der Waals surface area contributed by atoms with Gasteiger partial charge in [0.1, 0.15) is 0 Å². The van der Waals surface area contributed by atoms with Crippen LogP contribution in [0.4, 0.5) is 0 Å². The monoisotopic (exact) mass is 267 g/mol. The third kappa shape index (κ3) is 4.60. The summed E-state index contributed by atoms with van der Waals surface area (Å²) in [6.45, 7) is 7.58. The summed E-state index contributed by atoms with van der Waals surface area (Å²) in [5.74, 6) is 0. The minimum absolute atomic E-state index is 0.0375. The summed E-state index contributed by atoms with van der Waals surface area (Å²) in [5.41, 5.74) is 1.10. The van der Waals surface area contributed by atoms with Gasteiger partial charge in [0.2, 0.25) is 0 Å². The Bertz CT molecular complexity index is 390. The second kappa shape index (κ2) is 6.50. The van der Waals surface area contributed by atoms with Crippen LogP contribution < -0.4 is 5.32 Å². The van der Waals surface area contributed by atoms with Crippen LogP contribution in [-0.4, -0.2) is 41.5 Å². The molecule has 0 spiro atoms. The molecule has 0 saturated carbocycles. The van der Waals surface area contributed by atoms with E-state index in [0.717, 1.165) is 44.8 Å². The van der Waals surface area contributed by atoms with E-state index in [-0.39, 0.29) is 5.60 Å². The van der Waals surface area contributed by atoms with Gasteiger partial charge in [-0.1, -0.05) is 0 Å². The maximum atomic E-state index is 5.99. The zero-order chi connectivity index (χ0) is 13.7. The summed E-state index contributed by atoms with van der Waals surface area (Å²) in [5, 5.41) is 3.29. The Balaban J connectivity index is 1.75. The third-order valence-corrected chi connectivity index (χ3v) is 3.44. The number of hydrogen-bond acceptors (Lipinski definition) is 4. The van der Waals surface area contributed by atoms with Crippen LogP contribution in [0.15, 0.2) is 12.5 Å². The molecule has 5 nitrogen and oxygen atoms in total. The van der Waals surface area contributed by atoms with Crippen LogP contribution in [0.3, 0.4) is 0 Å². The molecule has 1 saturated heterocycles. The lowest BCUT2D eigenvalue weighted by Gasteiger charge is -2.19. The number of ether oxygens (including phenoxy) is 2. The van der Waals surface area contributed by atoms with Gasteiger partial charge in [0.15, 0.2) is 0 Å². The molecule has 1 aromatic rings. The molecule has 1 aromatic heterocycles. The molecule has 1 aliphatic rings. The molecule has 0 aromatic carbocycles. The van der Waals surface area contributed by atoms with Crippen LogP contribution in [0.2, 0.25) is 0 Å². The molecule has 0 radical (unpaired) electrons. The maximum Gasteiger partial charge on any atom is 0.0950 e. The molecular formula is C14H25N3O2. The average Bonchev–Trinajstić information content (AvgIpc) is 2.92. The van der Waals surface area contributed by atoms with Gasteiger partial charge in [0.25, 0.3) is 0 Å². The number of rotatable bonds is 7. The highest BCUT2D eigenvalue weighted by molar-refractivity contribution is 4.97. The average molecular weight is 267 g/mol. The fourth-order valence-electron chi connectivity index (χ4n) is 2.43. The van der Waals surface area contributed by atoms with Crippen LogP contribution in [0.1, 0.15) is 32.4 Å². The van der Waals surface area contributed by atoms with Crippen LogP contribution in [-0.2, 0) is 22.6 Å². The van der Waals surface area contributed by atoms with E-state index in [1.165, 1.54) is 0 Å². The van der Waals surface area contributed by atoms with Crippen molar-refractivity contribution >= 4 is 0 Å². The first-order chi connectivity index (χ1) is 9.09. The number of imidazole rings is 1. The van der Waals surface area contributed by atoms with Crippen molar-refractivity contribution in [2.75, 3.05) is 20.3 Å². The normalized spacial score (nSPS) is 21.9. The summed E-state index contributed by atoms with van der Waals surface area (Å²) in [6.07, 6.45) is 6.57. The minimum atomic E-state index is 0.0375. The molecule has 0 aliphatic carbocycles. The van der Waals surface area contributed by atoms with Gasteiger partial charge < -0.3 is 19.4 Å². The lowest BCUT2D eigenvalue weighted by atomic mass is 10.1. The number of hydrogen-bond donors (Lipinski definition) is 1. The van der Waals surface area contributed by atoms with E-state index in [1.54, 1.807) is 7.11 Å². The van der Waals surface area contributed by atoms with Crippen LogP contribution >= 0.6 is 0 Å². The van der Waals surface area contributed by atoms with E-state index in [9.17, 15) is 0 Å². The summed E-state index contributed by atoms with van der Waals surface area (Å²) < 4.78 is 13.1. The van der Waals surface area contributed by atoms with E-state index in [1.807, 2.05) is 6.33 Å². The molecule has 2 heterocycles. The molecule has 1 N–H and O–H groups in total. The first kappa shape index (κ1) is 14.5. The third-order valence-electron chi connectivity index (χ3n) is 3.44. The molecule has 0 amide bonds. The van der Waals surface area contributed by atoms with E-state index in [2.05, 4.69) is 34.9 Å². The molecule has 1 atom stereocenters. The predicted octanol–water partition coefficient (Wildman–Crippen LogP) is 1.58. The largest absolute Gasteiger partial charge is 0.383 e. The van der Waals surface area contributed by atoms with E-state index in [4.69, 9.17) is 9.47 Å². The molecule has 5 heteroatoms. The molecule has 2 rings (SSSR count). The lowest BCUT2D eigenvalue weighted by molar-refractivity contribution is -0.0217. The second-order valence-corrected chi connectivity index (χ2v) is 5.77. The number of aromatic nitrogens is 2. The summed E-state index contributed by atoms with van der Waals surface area (Å²) in [7, 11) is 1.71. The van der Waals surface area contributed by atoms with Gasteiger partial charge in [-0.05, 0) is 26.7 Å². The Morgan fingerprint density at radius 1 is 1.58 bits per heavy atom. The van der Waals surface area contributed by atoms with Crippen LogP contribution in [0.25, 0.3) is 0 Å². The minimum Gasteiger partial charge on any atom is -0.383 e. The Morgan fingerprint density at radius 3 is 3.11 bits per heavy atom. The Morgan fingerprint density at radius 2 is 2.42 bits per heavy atom. The molecule has 0 bridgehead atoms. The fraction of sp³-hybridized carbons (Fsp3) is 0.786. The number of nitrogens with one attached hydrogen (secondary N) is 1. The SMILES string of the molecule is COCCNCc1cn(CC2CCC(C)(C)O2)cn1. The first-order valence-electron chi connectivity index (χ1n) is 6.97. The standard InChI is InChI=1S/C14H25N3O2/c1-14(2)5-4-13(19-14)10-17-9-12(16-11-17)8-15-6-7-18-3/h9,11,13,15H,4-8,10H2,1-3H3. The Labute approximate surface area is 115 Å². The second-order valence-electron chi connectivity index (χ2n) is 5.77. The van der Waals surface area contributed by atoms with Crippen LogP contribution in [0, 0.1) is 0 Å². The fourth-order valence-corrected chi connectivity index (χ4v) is 2.43. The van der Waals surface area contributed by atoms with E-state index in [0.29, 0.717) is 6.10 Å². The number of nitrogens with zero attached hydrogens (tertiary/aromatic N) is 2. The van der Waals surface area contributed by atoms with Crippen molar-refractivity contribution in [2.45, 2.75) is 51.5 Å². The molecule has 108 valence electrons. The highest BCUT2D eigenvalue weighted by Gasteiger charge is 2.31. The van der Waals surface area contributed by atoms with Crippen molar-refractivity contribution < 1.29 is 9.47 Å². The quantitative estimate of drug-likeness (QED) is 0.762. The summed E-state index contributed by atoms with van der Waals surface area (Å²) in [4.78, 5) is 4.40. The van der Waals surface area contributed by atoms with Crippen molar-refractivity contribution in [1.82, 2.24) is 14.9 Å². The highest BCUT2D eigenvalue weighted by atomic mass is 16.5. The number of methoxy groups -OCH3 is 1. The molecular weight excluding hydrogens is 242 g/mol. The smallest absolute Gasteiger partial charge is 0.0950 e. The Hall–Kier alpha value is -0.910. The zero-order valence-corrected chi connectivity index (χ0v) is 12.2. The molecule has 1 unspecified atom stereocenters. The van der Waals surface area contributed by atoms with Crippen molar-refractivity contribution in [1.29, 1.82) is 0 Å². The van der Waals surface area contributed by atoms with Crippen molar-refractivity contribution in [3.63, 3.8) is 0 Å². The van der Waals surface area contributed by atoms with Gasteiger partial charge in [-0.25, -0.2) is 4.98 Å². The van der Waals surface area contributed by atoms with E-state index < -0.39 is 0 Å². The van der Waals surface area contributed by atoms with Gasteiger partial charge in [-0.2, -0.15) is 0 Å². The maximum absolute atomic E-state index is 5.99. The van der Waals surface area contributed by atoms with E-state index >= 15 is 0 Å². The van der Waals surface area contributed by atoms with Crippen molar-refractivity contribution in [3.05, 3.63) is 18.2 Å². The predicted molar refractivity (Wildman–Crippen MR) is 74.0 cm³/mol. The van der Waals surface area contributed by atoms with Gasteiger partial charge in [0, 0.05) is 32.9 Å². The van der Waals surface area contributed by atoms with Gasteiger partial charge in [-0.3, -0.25) is 0 Å². The first-order valence-corrected chi connectivity index (χ1v) is 6.97. The highest BCUT2D eigenvalue weighted by Crippen LogP contribution is 2.29. The topological polar surface area (TPSA) is 48.3 Å². The van der Waals surface area contributed by atoms with Gasteiger partial charge in [-0.15, -0.1) is 0 Å². The van der Waals surface area contributed by atoms with Gasteiger partial charge in [0.05, 0.1) is 30.3 Å². The van der Waals surface area contributed by atoms with Crippen LogP contribution in [0.5, 0.6) is 0 Å². The molecule has 1 aliphatic heterocycles. The van der Waals surface area contributed by atoms with Crippen molar-refractivity contribution in [2.24, 2.45) is 0 Å². The van der Waals surface area contributed by atoms with Crippen molar-refractivity contribution in [3.8, 4) is 0 Å². The molecule has 1 fully saturated rings. The summed E-state index contributed by atoms with van der Waals surface area (Å²) >= 11 is 0. The van der Waals surface area contributed by atoms with Gasteiger partial charge >= 0.3 is 0 Å².